The average Bonchev–Trinajstić information content (AvgIpc) is 3.02. The lowest BCUT2D eigenvalue weighted by Gasteiger charge is -2.19. The second-order valence-corrected chi connectivity index (χ2v) is 7.19. The van der Waals surface area contributed by atoms with E-state index in [4.69, 9.17) is 14.6 Å². The van der Waals surface area contributed by atoms with Gasteiger partial charge in [0, 0.05) is 12.5 Å². The van der Waals surface area contributed by atoms with Gasteiger partial charge in [0.1, 0.15) is 17.0 Å². The highest BCUT2D eigenvalue weighted by Crippen LogP contribution is 2.27. The van der Waals surface area contributed by atoms with Gasteiger partial charge >= 0.3 is 5.97 Å². The fourth-order valence-corrected chi connectivity index (χ4v) is 3.68. The van der Waals surface area contributed by atoms with Gasteiger partial charge in [-0.15, -0.1) is 0 Å². The van der Waals surface area contributed by atoms with Crippen molar-refractivity contribution in [1.82, 2.24) is 19.7 Å². The molecule has 0 atom stereocenters. The molecule has 1 N–H and O–H groups in total. The summed E-state index contributed by atoms with van der Waals surface area (Å²) >= 11 is 0. The van der Waals surface area contributed by atoms with Gasteiger partial charge < -0.3 is 9.63 Å². The van der Waals surface area contributed by atoms with Crippen molar-refractivity contribution < 1.29 is 14.4 Å². The van der Waals surface area contributed by atoms with E-state index in [1.807, 2.05) is 39.8 Å². The Balaban J connectivity index is 2.20. The third kappa shape index (κ3) is 4.06. The van der Waals surface area contributed by atoms with Crippen molar-refractivity contribution >= 4 is 17.1 Å². The first-order valence-electron chi connectivity index (χ1n) is 9.94. The van der Waals surface area contributed by atoms with Crippen LogP contribution in [-0.2, 0) is 11.2 Å². The number of rotatable bonds is 8. The van der Waals surface area contributed by atoms with E-state index in [0.717, 1.165) is 24.1 Å². The number of carboxylic acid groups (broad SMARTS) is 1. The number of aromatic nitrogens is 4. The maximum atomic E-state index is 13.2. The number of aliphatic carboxylic acids is 1. The molecule has 0 aliphatic rings. The molecular formula is C21H26N4O4. The van der Waals surface area contributed by atoms with Crippen molar-refractivity contribution in [3.63, 3.8) is 0 Å². The molecule has 0 spiro atoms. The van der Waals surface area contributed by atoms with Crippen LogP contribution in [0.15, 0.2) is 21.5 Å². The van der Waals surface area contributed by atoms with Crippen LogP contribution in [0.1, 0.15) is 62.7 Å². The second-order valence-electron chi connectivity index (χ2n) is 7.19. The monoisotopic (exact) mass is 398 g/mol. The zero-order valence-electron chi connectivity index (χ0n) is 17.2. The molecule has 0 bridgehead atoms. The fourth-order valence-electron chi connectivity index (χ4n) is 3.68. The number of carboxylic acids is 1. The summed E-state index contributed by atoms with van der Waals surface area (Å²) in [4.78, 5) is 33.4. The second kappa shape index (κ2) is 8.55. The average molecular weight is 398 g/mol. The summed E-state index contributed by atoms with van der Waals surface area (Å²) in [6.07, 6.45) is 2.26. The Labute approximate surface area is 168 Å². The maximum Gasteiger partial charge on any atom is 0.303 e. The van der Waals surface area contributed by atoms with Crippen LogP contribution in [0.2, 0.25) is 0 Å². The predicted octanol–water partition coefficient (Wildman–Crippen LogP) is 3.83. The Morgan fingerprint density at radius 3 is 2.52 bits per heavy atom. The first kappa shape index (κ1) is 20.7. The van der Waals surface area contributed by atoms with Crippen LogP contribution in [0.5, 0.6) is 0 Å². The normalized spacial score (nSPS) is 11.5. The number of hydrogen-bond acceptors (Lipinski definition) is 6. The van der Waals surface area contributed by atoms with E-state index in [-0.39, 0.29) is 18.0 Å². The zero-order valence-corrected chi connectivity index (χ0v) is 17.2. The van der Waals surface area contributed by atoms with Crippen molar-refractivity contribution in [2.45, 2.75) is 65.8 Å². The van der Waals surface area contributed by atoms with Crippen LogP contribution >= 0.6 is 0 Å². The third-order valence-electron chi connectivity index (χ3n) is 5.21. The van der Waals surface area contributed by atoms with Crippen molar-refractivity contribution in [2.75, 3.05) is 0 Å². The van der Waals surface area contributed by atoms with Gasteiger partial charge in [0.25, 0.3) is 5.56 Å². The minimum Gasteiger partial charge on any atom is -0.481 e. The molecule has 29 heavy (non-hydrogen) atoms. The number of hydrogen-bond donors (Lipinski definition) is 1. The predicted molar refractivity (Wildman–Crippen MR) is 109 cm³/mol. The first-order chi connectivity index (χ1) is 13.9. The van der Waals surface area contributed by atoms with Gasteiger partial charge in [0.15, 0.2) is 5.65 Å². The molecule has 3 rings (SSSR count). The lowest BCUT2D eigenvalue weighted by molar-refractivity contribution is -0.137. The van der Waals surface area contributed by atoms with E-state index in [2.05, 4.69) is 10.1 Å². The molecule has 0 aromatic carbocycles. The van der Waals surface area contributed by atoms with Crippen molar-refractivity contribution in [3.8, 4) is 11.3 Å². The molecule has 154 valence electrons. The van der Waals surface area contributed by atoms with Gasteiger partial charge in [-0.2, -0.15) is 0 Å². The molecule has 0 aliphatic heterocycles. The molecule has 0 radical (unpaired) electrons. The van der Waals surface area contributed by atoms with Crippen molar-refractivity contribution in [1.29, 1.82) is 0 Å². The lowest BCUT2D eigenvalue weighted by atomic mass is 10.1. The van der Waals surface area contributed by atoms with Gasteiger partial charge in [-0.3, -0.25) is 14.2 Å². The van der Waals surface area contributed by atoms with Gasteiger partial charge in [0.05, 0.1) is 17.0 Å². The summed E-state index contributed by atoms with van der Waals surface area (Å²) in [6.45, 7) is 7.76. The Bertz CT molecular complexity index is 1080. The summed E-state index contributed by atoms with van der Waals surface area (Å²) in [7, 11) is 0. The summed E-state index contributed by atoms with van der Waals surface area (Å²) in [5, 5.41) is 12.9. The van der Waals surface area contributed by atoms with Gasteiger partial charge in [-0.05, 0) is 51.7 Å². The van der Waals surface area contributed by atoms with E-state index in [9.17, 15) is 9.59 Å². The molecule has 0 saturated carbocycles. The van der Waals surface area contributed by atoms with E-state index in [1.54, 1.807) is 4.57 Å². The van der Waals surface area contributed by atoms with Gasteiger partial charge in [-0.25, -0.2) is 9.97 Å². The topological polar surface area (TPSA) is 111 Å². The van der Waals surface area contributed by atoms with Gasteiger partial charge in [-0.1, -0.05) is 19.0 Å². The van der Waals surface area contributed by atoms with Crippen LogP contribution in [0, 0.1) is 13.8 Å². The van der Waals surface area contributed by atoms with Crippen LogP contribution in [0.3, 0.4) is 0 Å². The SMILES string of the molecule is CCC(CC)n1c(=O)c(CCCC(=O)O)nc2ccc(-c3c(C)noc3C)nc21. The van der Waals surface area contributed by atoms with E-state index in [1.165, 1.54) is 0 Å². The molecule has 0 aliphatic carbocycles. The van der Waals surface area contributed by atoms with Crippen molar-refractivity contribution in [3.05, 3.63) is 39.6 Å². The highest BCUT2D eigenvalue weighted by Gasteiger charge is 2.20. The molecule has 8 heteroatoms. The van der Waals surface area contributed by atoms with Gasteiger partial charge in [0.2, 0.25) is 0 Å². The Kier molecular flexibility index (Phi) is 6.10. The standard InChI is InChI=1S/C21H26N4O4/c1-5-14(6-2)25-20-16(22-17(21(25)28)8-7-9-18(26)27)11-10-15(23-20)19-12(3)24-29-13(19)4/h10-11,14H,5-9H2,1-4H3,(H,26,27). The van der Waals surface area contributed by atoms with Crippen LogP contribution in [0.4, 0.5) is 0 Å². The van der Waals surface area contributed by atoms with E-state index < -0.39 is 5.97 Å². The highest BCUT2D eigenvalue weighted by atomic mass is 16.5. The summed E-state index contributed by atoms with van der Waals surface area (Å²) < 4.78 is 6.99. The Hall–Kier alpha value is -3.03. The third-order valence-corrected chi connectivity index (χ3v) is 5.21. The van der Waals surface area contributed by atoms with Crippen LogP contribution in [0.25, 0.3) is 22.4 Å². The van der Waals surface area contributed by atoms with Crippen molar-refractivity contribution in [2.24, 2.45) is 0 Å². The molecule has 0 amide bonds. The molecule has 3 aromatic rings. The van der Waals surface area contributed by atoms with Crippen LogP contribution < -0.4 is 5.56 Å². The van der Waals surface area contributed by atoms with E-state index in [0.29, 0.717) is 41.2 Å². The molecular weight excluding hydrogens is 372 g/mol. The summed E-state index contributed by atoms with van der Waals surface area (Å²) in [5.74, 6) is -0.207. The fraction of sp³-hybridized carbons (Fsp3) is 0.476. The molecule has 8 nitrogen and oxygen atoms in total. The molecule has 0 fully saturated rings. The summed E-state index contributed by atoms with van der Waals surface area (Å²) in [5.41, 5.74) is 3.59. The molecule has 0 saturated heterocycles. The smallest absolute Gasteiger partial charge is 0.303 e. The summed E-state index contributed by atoms with van der Waals surface area (Å²) in [6, 6.07) is 3.69. The van der Waals surface area contributed by atoms with E-state index >= 15 is 0 Å². The minimum absolute atomic E-state index is 0.00731. The number of carbonyl (C=O) groups is 1. The number of aryl methyl sites for hydroxylation is 3. The quantitative estimate of drug-likeness (QED) is 0.614. The number of fused-ring (bicyclic) bond motifs is 1. The Morgan fingerprint density at radius 2 is 1.93 bits per heavy atom. The highest BCUT2D eigenvalue weighted by molar-refractivity contribution is 5.76. The lowest BCUT2D eigenvalue weighted by Crippen LogP contribution is -2.29. The molecule has 0 unspecified atom stereocenters. The maximum absolute atomic E-state index is 13.2. The zero-order chi connectivity index (χ0) is 21.1. The van der Waals surface area contributed by atoms with Crippen LogP contribution in [-0.4, -0.2) is 30.8 Å². The Morgan fingerprint density at radius 1 is 1.21 bits per heavy atom. The number of pyridine rings is 1. The minimum atomic E-state index is -0.878. The molecule has 3 heterocycles. The first-order valence-corrected chi connectivity index (χ1v) is 9.94. The molecule has 3 aromatic heterocycles. The number of nitrogens with zero attached hydrogens (tertiary/aromatic N) is 4. The largest absolute Gasteiger partial charge is 0.481 e.